The first-order valence-electron chi connectivity index (χ1n) is 11.7. The molecule has 9 nitrogen and oxygen atoms in total. The fourth-order valence-electron chi connectivity index (χ4n) is 4.05. The highest BCUT2D eigenvalue weighted by molar-refractivity contribution is 5.94. The summed E-state index contributed by atoms with van der Waals surface area (Å²) in [6.07, 6.45) is 1.54. The zero-order valence-electron chi connectivity index (χ0n) is 21.0. The second-order valence-corrected chi connectivity index (χ2v) is 10.3. The molecule has 4 rings (SSSR count). The molecule has 1 amide bonds. The highest BCUT2D eigenvalue weighted by Crippen LogP contribution is 2.27. The van der Waals surface area contributed by atoms with Gasteiger partial charge in [-0.2, -0.15) is 4.98 Å². The highest BCUT2D eigenvalue weighted by atomic mass is 16.1. The number of nitrogens with zero attached hydrogens (tertiary/aromatic N) is 5. The number of rotatable bonds is 7. The van der Waals surface area contributed by atoms with Crippen LogP contribution in [-0.2, 0) is 5.41 Å². The molecule has 2 aliphatic rings. The summed E-state index contributed by atoms with van der Waals surface area (Å²) in [5, 5.41) is 3.11. The molecule has 0 aliphatic carbocycles. The number of carbonyl (C=O) groups excluding carboxylic acids is 1. The Morgan fingerprint density at radius 3 is 2.53 bits per heavy atom. The Kier molecular flexibility index (Phi) is 6.77. The minimum absolute atomic E-state index is 0.0565. The van der Waals surface area contributed by atoms with Crippen molar-refractivity contribution in [3.05, 3.63) is 58.9 Å². The van der Waals surface area contributed by atoms with Crippen LogP contribution in [0, 0.1) is 0 Å². The molecule has 1 atom stereocenters. The molecule has 3 heterocycles. The maximum Gasteiger partial charge on any atom is 0.252 e. The number of benzene rings is 1. The lowest BCUT2D eigenvalue weighted by Gasteiger charge is -2.25. The monoisotopic (exact) mass is 464 g/mol. The third kappa shape index (κ3) is 5.31. The quantitative estimate of drug-likeness (QED) is 0.571. The van der Waals surface area contributed by atoms with Gasteiger partial charge in [-0.15, -0.1) is 0 Å². The molecule has 34 heavy (non-hydrogen) atoms. The molecule has 0 saturated carbocycles. The van der Waals surface area contributed by atoms with Crippen LogP contribution < -0.4 is 26.0 Å². The fourth-order valence-corrected chi connectivity index (χ4v) is 4.05. The van der Waals surface area contributed by atoms with E-state index < -0.39 is 0 Å². The number of nitrogens with one attached hydrogen (secondary N) is 3. The summed E-state index contributed by atoms with van der Waals surface area (Å²) in [7, 11) is 6.12. The van der Waals surface area contributed by atoms with Crippen LogP contribution in [0.1, 0.15) is 36.7 Å². The predicted octanol–water partition coefficient (Wildman–Crippen LogP) is 1.71. The molecular formula is C25H36N8O. The van der Waals surface area contributed by atoms with Gasteiger partial charge in [0.1, 0.15) is 12.0 Å². The molecule has 1 unspecified atom stereocenters. The average molecular weight is 465 g/mol. The summed E-state index contributed by atoms with van der Waals surface area (Å²) in [5.41, 5.74) is 10.6. The van der Waals surface area contributed by atoms with Crippen LogP contribution in [0.25, 0.3) is 0 Å². The van der Waals surface area contributed by atoms with E-state index in [2.05, 4.69) is 70.7 Å². The van der Waals surface area contributed by atoms with Crippen molar-refractivity contribution in [2.24, 2.45) is 0 Å². The third-order valence-corrected chi connectivity index (χ3v) is 6.28. The van der Waals surface area contributed by atoms with E-state index in [4.69, 9.17) is 4.98 Å². The fraction of sp³-hybridized carbons (Fsp3) is 0.480. The number of hydrogen-bond acceptors (Lipinski definition) is 8. The zero-order chi connectivity index (χ0) is 24.5. The van der Waals surface area contributed by atoms with Crippen molar-refractivity contribution in [1.29, 1.82) is 0 Å². The van der Waals surface area contributed by atoms with E-state index in [-0.39, 0.29) is 17.5 Å². The van der Waals surface area contributed by atoms with Crippen LogP contribution in [0.5, 0.6) is 0 Å². The lowest BCUT2D eigenvalue weighted by atomic mass is 9.86. The first-order chi connectivity index (χ1) is 16.1. The van der Waals surface area contributed by atoms with Crippen molar-refractivity contribution >= 4 is 17.7 Å². The van der Waals surface area contributed by atoms with E-state index in [9.17, 15) is 4.79 Å². The highest BCUT2D eigenvalue weighted by Gasteiger charge is 2.34. The second kappa shape index (κ2) is 9.60. The van der Waals surface area contributed by atoms with Gasteiger partial charge in [0.2, 0.25) is 5.95 Å². The number of anilines is 2. The van der Waals surface area contributed by atoms with Gasteiger partial charge in [-0.05, 0) is 43.3 Å². The van der Waals surface area contributed by atoms with Gasteiger partial charge in [0.05, 0.1) is 12.2 Å². The summed E-state index contributed by atoms with van der Waals surface area (Å²) in [6.45, 7) is 9.66. The van der Waals surface area contributed by atoms with Crippen LogP contribution in [-0.4, -0.2) is 74.3 Å². The third-order valence-electron chi connectivity index (χ3n) is 6.28. The van der Waals surface area contributed by atoms with Crippen molar-refractivity contribution in [2.45, 2.75) is 32.4 Å². The molecule has 0 radical (unpaired) electrons. The molecule has 3 N–H and O–H groups in total. The molecule has 0 spiro atoms. The van der Waals surface area contributed by atoms with Crippen molar-refractivity contribution in [2.75, 3.05) is 57.1 Å². The predicted molar refractivity (Wildman–Crippen MR) is 136 cm³/mol. The summed E-state index contributed by atoms with van der Waals surface area (Å²) in [6, 6.07) is 9.77. The number of carbonyl (C=O) groups is 1. The normalized spacial score (nSPS) is 17.7. The molecule has 0 saturated heterocycles. The van der Waals surface area contributed by atoms with Crippen LogP contribution in [0.3, 0.4) is 0 Å². The number of amides is 1. The Bertz CT molecular complexity index is 1060. The van der Waals surface area contributed by atoms with Gasteiger partial charge < -0.3 is 25.4 Å². The van der Waals surface area contributed by atoms with Crippen LogP contribution in [0.15, 0.2) is 47.8 Å². The first-order valence-corrected chi connectivity index (χ1v) is 11.7. The largest absolute Gasteiger partial charge is 0.346 e. The maximum atomic E-state index is 12.9. The van der Waals surface area contributed by atoms with E-state index in [1.54, 1.807) is 6.20 Å². The summed E-state index contributed by atoms with van der Waals surface area (Å²) in [4.78, 5) is 28.5. The summed E-state index contributed by atoms with van der Waals surface area (Å²) >= 11 is 0. The maximum absolute atomic E-state index is 12.9. The lowest BCUT2D eigenvalue weighted by Crippen LogP contribution is -2.49. The van der Waals surface area contributed by atoms with Crippen molar-refractivity contribution in [3.63, 3.8) is 0 Å². The van der Waals surface area contributed by atoms with Gasteiger partial charge >= 0.3 is 0 Å². The van der Waals surface area contributed by atoms with Gasteiger partial charge in [-0.1, -0.05) is 32.9 Å². The van der Waals surface area contributed by atoms with Crippen LogP contribution in [0.4, 0.5) is 11.8 Å². The van der Waals surface area contributed by atoms with E-state index in [1.807, 2.05) is 37.4 Å². The van der Waals surface area contributed by atoms with Crippen molar-refractivity contribution in [3.8, 4) is 0 Å². The lowest BCUT2D eigenvalue weighted by molar-refractivity contribution is 0.0936. The molecule has 182 valence electrons. The first kappa shape index (κ1) is 24.0. The Hall–Kier alpha value is -3.17. The van der Waals surface area contributed by atoms with Gasteiger partial charge in [-0.25, -0.2) is 10.4 Å². The number of aromatic nitrogens is 2. The minimum atomic E-state index is -0.265. The second-order valence-electron chi connectivity index (χ2n) is 10.3. The molecule has 1 aromatic heterocycles. The Morgan fingerprint density at radius 1 is 1.12 bits per heavy atom. The number of hydrogen-bond donors (Lipinski definition) is 3. The SMILES string of the molecule is CN(C)CCN(C)c1nccc(N2CC3=C(C2)C(NC(=O)c2ccc(C(C)(C)C)cc2)NN3)n1. The topological polar surface area (TPSA) is 88.7 Å². The van der Waals surface area contributed by atoms with Gasteiger partial charge in [0.15, 0.2) is 0 Å². The Balaban J connectivity index is 1.39. The molecule has 1 aromatic carbocycles. The number of hydrazine groups is 1. The average Bonchev–Trinajstić information content (AvgIpc) is 3.39. The summed E-state index contributed by atoms with van der Waals surface area (Å²) < 4.78 is 0. The molecule has 2 aliphatic heterocycles. The minimum Gasteiger partial charge on any atom is -0.346 e. The molecule has 2 aromatic rings. The van der Waals surface area contributed by atoms with Gasteiger partial charge in [0, 0.05) is 44.0 Å². The van der Waals surface area contributed by atoms with E-state index in [0.29, 0.717) is 24.6 Å². The molecule has 0 bridgehead atoms. The zero-order valence-corrected chi connectivity index (χ0v) is 21.0. The van der Waals surface area contributed by atoms with Crippen molar-refractivity contribution in [1.82, 2.24) is 31.0 Å². The van der Waals surface area contributed by atoms with Gasteiger partial charge in [-0.3, -0.25) is 4.79 Å². The molecular weight excluding hydrogens is 428 g/mol. The van der Waals surface area contributed by atoms with Crippen molar-refractivity contribution < 1.29 is 4.79 Å². The summed E-state index contributed by atoms with van der Waals surface area (Å²) in [5.74, 6) is 1.49. The van der Waals surface area contributed by atoms with E-state index >= 15 is 0 Å². The van der Waals surface area contributed by atoms with Crippen LogP contribution in [0.2, 0.25) is 0 Å². The van der Waals surface area contributed by atoms with Gasteiger partial charge in [0.25, 0.3) is 5.91 Å². The van der Waals surface area contributed by atoms with Crippen LogP contribution >= 0.6 is 0 Å². The smallest absolute Gasteiger partial charge is 0.252 e. The van der Waals surface area contributed by atoms with E-state index in [0.717, 1.165) is 30.2 Å². The Labute approximate surface area is 202 Å². The Morgan fingerprint density at radius 2 is 1.85 bits per heavy atom. The number of likely N-dealkylation sites (N-methyl/N-ethyl adjacent to an activating group) is 2. The molecule has 0 fully saturated rings. The molecule has 9 heteroatoms. The van der Waals surface area contributed by atoms with E-state index in [1.165, 1.54) is 5.56 Å². The standard InChI is InChI=1S/C25H36N8O/c1-25(2,3)18-9-7-17(8-10-18)23(34)28-22-19-15-33(16-20(19)29-30-22)21-11-12-26-24(27-21)32(6)14-13-31(4)5/h7-12,22,29-30H,13-16H2,1-6H3,(H,28,34).